The monoisotopic (exact) mass is 194 g/mol. The van der Waals surface area contributed by atoms with Crippen molar-refractivity contribution in [3.05, 3.63) is 17.0 Å². The number of nitrogens with two attached hydrogens (primary N) is 1. The average molecular weight is 194 g/mol. The van der Waals surface area contributed by atoms with E-state index in [0.717, 1.165) is 0 Å². The summed E-state index contributed by atoms with van der Waals surface area (Å²) in [4.78, 5) is 23.5. The largest absolute Gasteiger partial charge is 0.364 e. The predicted octanol–water partition coefficient (Wildman–Crippen LogP) is 0.494. The number of fused-ring (bicyclic) bond motifs is 1. The number of carbonyl (C=O) groups excluding carboxylic acids is 1. The molecule has 0 aliphatic carbocycles. The topological polar surface area (TPSA) is 81.8 Å². The number of thiazole rings is 1. The summed E-state index contributed by atoms with van der Waals surface area (Å²) in [7, 11) is 0. The lowest BCUT2D eigenvalue weighted by molar-refractivity contribution is 0.1000. The Morgan fingerprint density at radius 3 is 3.00 bits per heavy atom. The van der Waals surface area contributed by atoms with Crippen LogP contribution in [0.1, 0.15) is 15.6 Å². The number of carbonyl (C=O) groups is 1. The highest BCUT2D eigenvalue weighted by atomic mass is 32.1. The summed E-state index contributed by atoms with van der Waals surface area (Å²) in [6.45, 7) is 1.78. The van der Waals surface area contributed by atoms with Crippen LogP contribution in [0.5, 0.6) is 0 Å². The van der Waals surface area contributed by atoms with Crippen LogP contribution in [-0.4, -0.2) is 20.9 Å². The van der Waals surface area contributed by atoms with Crippen molar-refractivity contribution in [3.63, 3.8) is 0 Å². The van der Waals surface area contributed by atoms with E-state index in [-0.39, 0.29) is 5.01 Å². The molecular formula is C7H6N4OS. The van der Waals surface area contributed by atoms with E-state index in [2.05, 4.69) is 15.0 Å². The van der Waals surface area contributed by atoms with Crippen LogP contribution in [-0.2, 0) is 0 Å². The van der Waals surface area contributed by atoms with Crippen molar-refractivity contribution in [2.45, 2.75) is 6.92 Å². The van der Waals surface area contributed by atoms with E-state index in [4.69, 9.17) is 5.73 Å². The van der Waals surface area contributed by atoms with Crippen LogP contribution in [0, 0.1) is 6.92 Å². The van der Waals surface area contributed by atoms with Gasteiger partial charge in [-0.05, 0) is 6.92 Å². The fraction of sp³-hybridized carbons (Fsp3) is 0.143. The van der Waals surface area contributed by atoms with Crippen LogP contribution in [0.3, 0.4) is 0 Å². The van der Waals surface area contributed by atoms with E-state index in [1.54, 1.807) is 13.1 Å². The molecule has 66 valence electrons. The number of primary amides is 1. The summed E-state index contributed by atoms with van der Waals surface area (Å²) in [6.07, 6.45) is 1.58. The van der Waals surface area contributed by atoms with Gasteiger partial charge in [-0.3, -0.25) is 4.79 Å². The summed E-state index contributed by atoms with van der Waals surface area (Å²) < 4.78 is 0. The third kappa shape index (κ3) is 1.35. The molecule has 13 heavy (non-hydrogen) atoms. The number of hydrogen-bond donors (Lipinski definition) is 1. The number of aryl methyl sites for hydroxylation is 1. The maximum absolute atomic E-state index is 10.8. The van der Waals surface area contributed by atoms with Gasteiger partial charge in [-0.2, -0.15) is 0 Å². The molecule has 6 heteroatoms. The molecule has 0 atom stereocenters. The number of amides is 1. The summed E-state index contributed by atoms with van der Waals surface area (Å²) in [5.41, 5.74) is 5.69. The fourth-order valence-corrected chi connectivity index (χ4v) is 1.73. The normalized spacial score (nSPS) is 10.5. The molecule has 0 unspecified atom stereocenters. The number of hydrogen-bond acceptors (Lipinski definition) is 5. The van der Waals surface area contributed by atoms with E-state index in [0.29, 0.717) is 16.2 Å². The number of aromatic nitrogens is 3. The van der Waals surface area contributed by atoms with E-state index in [1.165, 1.54) is 11.3 Å². The lowest BCUT2D eigenvalue weighted by atomic mass is 10.5. The quantitative estimate of drug-likeness (QED) is 0.716. The Kier molecular flexibility index (Phi) is 1.70. The minimum absolute atomic E-state index is 0.273. The molecule has 0 saturated heterocycles. The molecule has 0 bridgehead atoms. The molecule has 0 saturated carbocycles. The summed E-state index contributed by atoms with van der Waals surface area (Å²) in [5.74, 6) is 0.132. The second-order valence-electron chi connectivity index (χ2n) is 2.49. The third-order valence-electron chi connectivity index (χ3n) is 1.48. The molecule has 2 aromatic heterocycles. The van der Waals surface area contributed by atoms with Gasteiger partial charge in [0.25, 0.3) is 5.91 Å². The smallest absolute Gasteiger partial charge is 0.277 e. The highest BCUT2D eigenvalue weighted by Crippen LogP contribution is 2.18. The van der Waals surface area contributed by atoms with Gasteiger partial charge in [-0.1, -0.05) is 11.3 Å². The summed E-state index contributed by atoms with van der Waals surface area (Å²) >= 11 is 1.18. The van der Waals surface area contributed by atoms with Crippen molar-refractivity contribution in [2.24, 2.45) is 5.73 Å². The van der Waals surface area contributed by atoms with Crippen molar-refractivity contribution >= 4 is 27.6 Å². The minimum Gasteiger partial charge on any atom is -0.364 e. The second-order valence-corrected chi connectivity index (χ2v) is 3.47. The van der Waals surface area contributed by atoms with Gasteiger partial charge in [0.15, 0.2) is 5.01 Å². The van der Waals surface area contributed by atoms with Gasteiger partial charge >= 0.3 is 0 Å². The van der Waals surface area contributed by atoms with Gasteiger partial charge in [-0.25, -0.2) is 15.0 Å². The Balaban J connectivity index is 2.68. The molecular weight excluding hydrogens is 188 g/mol. The van der Waals surface area contributed by atoms with Gasteiger partial charge in [0, 0.05) is 0 Å². The molecule has 0 radical (unpaired) electrons. The Labute approximate surface area is 77.6 Å². The summed E-state index contributed by atoms with van der Waals surface area (Å²) in [5, 5.41) is 0.273. The van der Waals surface area contributed by atoms with Crippen LogP contribution < -0.4 is 5.73 Å². The zero-order chi connectivity index (χ0) is 9.42. The highest BCUT2D eigenvalue weighted by Gasteiger charge is 2.09. The Morgan fingerprint density at radius 1 is 1.54 bits per heavy atom. The number of rotatable bonds is 1. The SMILES string of the molecule is Cc1ncc2nc(C(N)=O)sc2n1. The second kappa shape index (κ2) is 2.74. The van der Waals surface area contributed by atoms with Crippen molar-refractivity contribution in [3.8, 4) is 0 Å². The molecule has 0 aliphatic rings. The van der Waals surface area contributed by atoms with E-state index < -0.39 is 5.91 Å². The van der Waals surface area contributed by atoms with Crippen molar-refractivity contribution in [2.75, 3.05) is 0 Å². The van der Waals surface area contributed by atoms with Crippen LogP contribution in [0.25, 0.3) is 10.3 Å². The lowest BCUT2D eigenvalue weighted by Crippen LogP contribution is -2.09. The van der Waals surface area contributed by atoms with E-state index in [1.807, 2.05) is 0 Å². The van der Waals surface area contributed by atoms with E-state index in [9.17, 15) is 4.79 Å². The Morgan fingerprint density at radius 2 is 2.31 bits per heavy atom. The van der Waals surface area contributed by atoms with Crippen LogP contribution in [0.2, 0.25) is 0 Å². The first kappa shape index (κ1) is 8.06. The van der Waals surface area contributed by atoms with Gasteiger partial charge in [0.1, 0.15) is 16.2 Å². The van der Waals surface area contributed by atoms with Gasteiger partial charge in [0.2, 0.25) is 0 Å². The lowest BCUT2D eigenvalue weighted by Gasteiger charge is -1.87. The third-order valence-corrected chi connectivity index (χ3v) is 2.46. The zero-order valence-electron chi connectivity index (χ0n) is 6.81. The van der Waals surface area contributed by atoms with Crippen LogP contribution in [0.4, 0.5) is 0 Å². The molecule has 2 aromatic rings. The molecule has 0 aromatic carbocycles. The molecule has 1 amide bonds. The van der Waals surface area contributed by atoms with Gasteiger partial charge in [-0.15, -0.1) is 0 Å². The van der Waals surface area contributed by atoms with Gasteiger partial charge < -0.3 is 5.73 Å². The van der Waals surface area contributed by atoms with Crippen LogP contribution in [0.15, 0.2) is 6.20 Å². The zero-order valence-corrected chi connectivity index (χ0v) is 7.63. The predicted molar refractivity (Wildman–Crippen MR) is 48.5 cm³/mol. The number of nitrogens with zero attached hydrogens (tertiary/aromatic N) is 3. The maximum atomic E-state index is 10.8. The molecule has 2 heterocycles. The first-order valence-electron chi connectivity index (χ1n) is 3.57. The average Bonchev–Trinajstić information content (AvgIpc) is 2.46. The molecule has 5 nitrogen and oxygen atoms in total. The molecule has 0 fully saturated rings. The minimum atomic E-state index is -0.527. The van der Waals surface area contributed by atoms with Crippen LogP contribution >= 0.6 is 11.3 Å². The maximum Gasteiger partial charge on any atom is 0.277 e. The first-order valence-corrected chi connectivity index (χ1v) is 4.38. The standard InChI is InChI=1S/C7H6N4OS/c1-3-9-2-4-6(10-3)13-7(11-4)5(8)12/h2H,1H3,(H2,8,12). The fourth-order valence-electron chi connectivity index (χ4n) is 0.924. The Hall–Kier alpha value is -1.56. The summed E-state index contributed by atoms with van der Waals surface area (Å²) in [6, 6.07) is 0. The van der Waals surface area contributed by atoms with E-state index >= 15 is 0 Å². The molecule has 2 rings (SSSR count). The molecule has 2 N–H and O–H groups in total. The van der Waals surface area contributed by atoms with Crippen molar-refractivity contribution in [1.82, 2.24) is 15.0 Å². The van der Waals surface area contributed by atoms with Crippen molar-refractivity contribution < 1.29 is 4.79 Å². The molecule has 0 aliphatic heterocycles. The van der Waals surface area contributed by atoms with Gasteiger partial charge in [0.05, 0.1) is 6.20 Å². The highest BCUT2D eigenvalue weighted by molar-refractivity contribution is 7.19. The Bertz CT molecular complexity index is 478. The van der Waals surface area contributed by atoms with Crippen molar-refractivity contribution in [1.29, 1.82) is 0 Å². The molecule has 0 spiro atoms. The first-order chi connectivity index (χ1) is 6.16.